The number of anilines is 1. The number of methoxy groups -OCH3 is 1. The third-order valence-electron chi connectivity index (χ3n) is 7.42. The maximum atomic E-state index is 13.5. The van der Waals surface area contributed by atoms with Gasteiger partial charge in [-0.2, -0.15) is 15.1 Å². The molecule has 0 saturated carbocycles. The third-order valence-corrected chi connectivity index (χ3v) is 7.42. The van der Waals surface area contributed by atoms with Crippen molar-refractivity contribution in [2.45, 2.75) is 24.5 Å². The number of hydrogen-bond acceptors (Lipinski definition) is 12. The van der Waals surface area contributed by atoms with Gasteiger partial charge in [0.05, 0.1) is 30.0 Å². The molecule has 1 saturated heterocycles. The molecule has 240 valence electrons. The second kappa shape index (κ2) is 13.7. The molecular weight excluding hydrogens is 606 g/mol. The number of esters is 3. The lowest BCUT2D eigenvalue weighted by Crippen LogP contribution is -2.41. The zero-order valence-electron chi connectivity index (χ0n) is 25.8. The number of aromatic nitrogens is 4. The van der Waals surface area contributed by atoms with Crippen molar-refractivity contribution in [3.63, 3.8) is 0 Å². The first-order valence-electron chi connectivity index (χ1n) is 14.7. The molecule has 1 aliphatic rings. The number of rotatable bonds is 10. The Labute approximate surface area is 269 Å². The van der Waals surface area contributed by atoms with Crippen LogP contribution in [0.15, 0.2) is 97.2 Å². The molecule has 0 N–H and O–H groups in total. The Morgan fingerprint density at radius 3 is 1.83 bits per heavy atom. The minimum Gasteiger partial charge on any atom is -0.480 e. The zero-order chi connectivity index (χ0) is 32.9. The first-order chi connectivity index (χ1) is 22.8. The molecule has 0 unspecified atom stereocenters. The number of ether oxygens (including phenoxy) is 5. The summed E-state index contributed by atoms with van der Waals surface area (Å²) in [6.07, 6.45) is -3.25. The lowest BCUT2D eigenvalue weighted by atomic mass is 10.1. The molecule has 1 aliphatic heterocycles. The summed E-state index contributed by atoms with van der Waals surface area (Å²) < 4.78 is 31.0. The van der Waals surface area contributed by atoms with E-state index >= 15 is 0 Å². The predicted molar refractivity (Wildman–Crippen MR) is 168 cm³/mol. The Morgan fingerprint density at radius 2 is 1.30 bits per heavy atom. The maximum absolute atomic E-state index is 13.5. The van der Waals surface area contributed by atoms with E-state index in [-0.39, 0.29) is 23.6 Å². The van der Waals surface area contributed by atoms with E-state index in [9.17, 15) is 14.4 Å². The predicted octanol–water partition coefficient (Wildman–Crippen LogP) is 4.11. The van der Waals surface area contributed by atoms with Crippen LogP contribution < -0.4 is 9.64 Å². The van der Waals surface area contributed by atoms with Crippen molar-refractivity contribution in [2.24, 2.45) is 0 Å². The van der Waals surface area contributed by atoms with Crippen LogP contribution in [0.2, 0.25) is 0 Å². The molecule has 13 nitrogen and oxygen atoms in total. The largest absolute Gasteiger partial charge is 0.480 e. The van der Waals surface area contributed by atoms with Crippen LogP contribution in [0.25, 0.3) is 11.0 Å². The van der Waals surface area contributed by atoms with E-state index in [4.69, 9.17) is 23.7 Å². The van der Waals surface area contributed by atoms with E-state index in [2.05, 4.69) is 15.1 Å². The highest BCUT2D eigenvalue weighted by atomic mass is 16.7. The summed E-state index contributed by atoms with van der Waals surface area (Å²) in [6.45, 7) is -0.337. The van der Waals surface area contributed by atoms with E-state index in [1.807, 2.05) is 0 Å². The Morgan fingerprint density at radius 1 is 0.766 bits per heavy atom. The zero-order valence-corrected chi connectivity index (χ0v) is 25.8. The van der Waals surface area contributed by atoms with Crippen LogP contribution in [0.3, 0.4) is 0 Å². The number of hydrogen-bond donors (Lipinski definition) is 0. The second-order valence-corrected chi connectivity index (χ2v) is 10.8. The molecule has 0 aliphatic carbocycles. The van der Waals surface area contributed by atoms with Gasteiger partial charge in [0.15, 0.2) is 24.1 Å². The number of nitrogens with zero attached hydrogens (tertiary/aromatic N) is 5. The number of carbonyl (C=O) groups excluding carboxylic acids is 3. The van der Waals surface area contributed by atoms with Crippen molar-refractivity contribution in [1.82, 2.24) is 19.7 Å². The Balaban J connectivity index is 1.41. The lowest BCUT2D eigenvalue weighted by molar-refractivity contribution is -0.0654. The number of carbonyl (C=O) groups is 3. The van der Waals surface area contributed by atoms with Gasteiger partial charge in [-0.25, -0.2) is 19.1 Å². The van der Waals surface area contributed by atoms with Crippen molar-refractivity contribution in [1.29, 1.82) is 0 Å². The van der Waals surface area contributed by atoms with Crippen LogP contribution in [0.5, 0.6) is 5.88 Å². The normalized spacial score (nSPS) is 18.8. The molecule has 6 rings (SSSR count). The van der Waals surface area contributed by atoms with Gasteiger partial charge in [-0.1, -0.05) is 54.6 Å². The van der Waals surface area contributed by atoms with Crippen LogP contribution in [-0.4, -0.2) is 83.8 Å². The molecule has 47 heavy (non-hydrogen) atoms. The van der Waals surface area contributed by atoms with Crippen LogP contribution in [-0.2, 0) is 18.9 Å². The fraction of sp³-hybridized carbons (Fsp3) is 0.235. The van der Waals surface area contributed by atoms with Crippen molar-refractivity contribution < 1.29 is 38.1 Å². The van der Waals surface area contributed by atoms with Crippen molar-refractivity contribution >= 4 is 34.9 Å². The highest BCUT2D eigenvalue weighted by Crippen LogP contribution is 2.37. The first kappa shape index (κ1) is 31.2. The van der Waals surface area contributed by atoms with Crippen LogP contribution in [0.4, 0.5) is 5.95 Å². The molecule has 1 fully saturated rings. The molecule has 4 atom stereocenters. The summed E-state index contributed by atoms with van der Waals surface area (Å²) in [5.41, 5.74) is 1.16. The van der Waals surface area contributed by atoms with Crippen molar-refractivity contribution in [3.05, 3.63) is 114 Å². The van der Waals surface area contributed by atoms with E-state index in [1.165, 1.54) is 18.0 Å². The van der Waals surface area contributed by atoms with Gasteiger partial charge in [-0.15, -0.1) is 0 Å². The second-order valence-electron chi connectivity index (χ2n) is 10.8. The summed E-state index contributed by atoms with van der Waals surface area (Å²) in [5.74, 6) is -1.40. The summed E-state index contributed by atoms with van der Waals surface area (Å²) in [6, 6.07) is 25.1. The SMILES string of the molecule is COc1nc(N(C)C)nc2c1cnn2[C@@H]1O[C@H](COC(=O)c2ccccc2)[C@@H](OC(=O)c2ccccc2)[C@H]1OC(=O)c1ccccc1. The Hall–Kier alpha value is -5.82. The molecule has 3 aromatic carbocycles. The van der Waals surface area contributed by atoms with Gasteiger partial charge in [-0.3, -0.25) is 0 Å². The summed E-state index contributed by atoms with van der Waals surface area (Å²) in [5, 5.41) is 4.98. The van der Waals surface area contributed by atoms with Crippen molar-refractivity contribution in [3.8, 4) is 5.88 Å². The Kier molecular flexibility index (Phi) is 9.06. The molecule has 2 aromatic heterocycles. The number of fused-ring (bicyclic) bond motifs is 1. The molecule has 0 spiro atoms. The molecule has 13 heteroatoms. The van der Waals surface area contributed by atoms with Gasteiger partial charge in [0.25, 0.3) is 0 Å². The van der Waals surface area contributed by atoms with Gasteiger partial charge in [0.1, 0.15) is 18.1 Å². The lowest BCUT2D eigenvalue weighted by Gasteiger charge is -2.24. The average Bonchev–Trinajstić information content (AvgIpc) is 3.68. The van der Waals surface area contributed by atoms with Gasteiger partial charge in [0.2, 0.25) is 11.8 Å². The van der Waals surface area contributed by atoms with E-state index in [0.29, 0.717) is 22.5 Å². The Bertz CT molecular complexity index is 1870. The standard InChI is InChI=1S/C34H31N5O8/c1-38(2)34-36-28-24(29(37-34)43-3)19-35-39(28)30-27(47-33(42)23-17-11-6-12-18-23)26(46-32(41)22-15-9-5-10-16-22)25(45-30)20-44-31(40)21-13-7-4-8-14-21/h4-19,25-27,30H,20H2,1-3H3/t25-,26-,27-,30-/m1/s1. The quantitative estimate of drug-likeness (QED) is 0.161. The highest BCUT2D eigenvalue weighted by molar-refractivity contribution is 5.91. The monoisotopic (exact) mass is 637 g/mol. The molecule has 0 bridgehead atoms. The van der Waals surface area contributed by atoms with E-state index in [1.54, 1.807) is 110 Å². The van der Waals surface area contributed by atoms with Gasteiger partial charge in [-0.05, 0) is 36.4 Å². The van der Waals surface area contributed by atoms with Crippen LogP contribution >= 0.6 is 0 Å². The fourth-order valence-corrected chi connectivity index (χ4v) is 5.08. The van der Waals surface area contributed by atoms with Gasteiger partial charge < -0.3 is 28.6 Å². The van der Waals surface area contributed by atoms with Gasteiger partial charge in [0, 0.05) is 14.1 Å². The minimum absolute atomic E-state index is 0.265. The number of benzene rings is 3. The molecular formula is C34H31N5O8. The molecule has 5 aromatic rings. The van der Waals surface area contributed by atoms with Crippen LogP contribution in [0.1, 0.15) is 37.3 Å². The van der Waals surface area contributed by atoms with E-state index < -0.39 is 42.4 Å². The third kappa shape index (κ3) is 6.60. The van der Waals surface area contributed by atoms with E-state index in [0.717, 1.165) is 0 Å². The minimum atomic E-state index is -1.26. The summed E-state index contributed by atoms with van der Waals surface area (Å²) in [7, 11) is 5.02. The van der Waals surface area contributed by atoms with Crippen LogP contribution in [0, 0.1) is 0 Å². The summed E-state index contributed by atoms with van der Waals surface area (Å²) in [4.78, 5) is 50.6. The summed E-state index contributed by atoms with van der Waals surface area (Å²) >= 11 is 0. The van der Waals surface area contributed by atoms with Crippen molar-refractivity contribution in [2.75, 3.05) is 32.7 Å². The molecule has 3 heterocycles. The van der Waals surface area contributed by atoms with Gasteiger partial charge >= 0.3 is 17.9 Å². The molecule has 0 amide bonds. The fourth-order valence-electron chi connectivity index (χ4n) is 5.08. The highest BCUT2D eigenvalue weighted by Gasteiger charge is 2.52. The maximum Gasteiger partial charge on any atom is 0.338 e. The molecule has 0 radical (unpaired) electrons. The topological polar surface area (TPSA) is 144 Å². The smallest absolute Gasteiger partial charge is 0.338 e. The average molecular weight is 638 g/mol. The first-order valence-corrected chi connectivity index (χ1v) is 14.7.